The minimum absolute atomic E-state index is 0.0890. The Kier molecular flexibility index (Phi) is 28.8. The average molecular weight is 618 g/mol. The standard InChI is InChI=1S/C34H68NO6P/c1-6-7-8-9-10-11-12-13-14-15-16-17-18-19-20-21-22-23-24-25-26-27-28-30-39-32-34(38-5)33-41-42(36,37)40-31-29-35(2,3)4/h11-12,23-24,34H,6-10,13-22,25-33H2,1-5H3/b12-11-,24-23-/t34-/m1/s1. The molecule has 0 bridgehead atoms. The van der Waals surface area contributed by atoms with Crippen LogP contribution in [0.1, 0.15) is 129 Å². The Hall–Kier alpha value is -0.530. The van der Waals surface area contributed by atoms with E-state index in [2.05, 4.69) is 31.2 Å². The summed E-state index contributed by atoms with van der Waals surface area (Å²) < 4.78 is 33.3. The van der Waals surface area contributed by atoms with Gasteiger partial charge in [0.05, 0.1) is 34.4 Å². The predicted octanol–water partition coefficient (Wildman–Crippen LogP) is 8.77. The fourth-order valence-electron chi connectivity index (χ4n) is 4.43. The molecule has 0 fully saturated rings. The summed E-state index contributed by atoms with van der Waals surface area (Å²) in [6.07, 6.45) is 33.6. The third-order valence-electron chi connectivity index (χ3n) is 7.28. The van der Waals surface area contributed by atoms with Crippen LogP contribution in [0, 0.1) is 0 Å². The maximum atomic E-state index is 11.9. The zero-order valence-corrected chi connectivity index (χ0v) is 29.1. The van der Waals surface area contributed by atoms with Gasteiger partial charge in [0.15, 0.2) is 0 Å². The first-order chi connectivity index (χ1) is 20.2. The minimum atomic E-state index is -4.33. The molecule has 0 aromatic carbocycles. The number of hydrogen-bond donors (Lipinski definition) is 0. The van der Waals surface area contributed by atoms with Gasteiger partial charge in [-0.15, -0.1) is 0 Å². The Balaban J connectivity index is 3.47. The van der Waals surface area contributed by atoms with Crippen molar-refractivity contribution >= 4 is 7.82 Å². The minimum Gasteiger partial charge on any atom is -0.756 e. The van der Waals surface area contributed by atoms with Gasteiger partial charge in [-0.2, -0.15) is 0 Å². The van der Waals surface area contributed by atoms with Crippen molar-refractivity contribution in [1.29, 1.82) is 0 Å². The molecule has 1 unspecified atom stereocenters. The summed E-state index contributed by atoms with van der Waals surface area (Å²) in [4.78, 5) is 11.9. The highest BCUT2D eigenvalue weighted by Crippen LogP contribution is 2.38. The number of unbranched alkanes of at least 4 members (excludes halogenated alkanes) is 16. The van der Waals surface area contributed by atoms with Crippen molar-refractivity contribution in [3.05, 3.63) is 24.3 Å². The molecule has 0 aromatic rings. The maximum absolute atomic E-state index is 11.9. The summed E-state index contributed by atoms with van der Waals surface area (Å²) >= 11 is 0. The molecule has 0 radical (unpaired) electrons. The van der Waals surface area contributed by atoms with E-state index in [1.807, 2.05) is 21.1 Å². The second-order valence-corrected chi connectivity index (χ2v) is 14.0. The molecule has 0 aliphatic rings. The van der Waals surface area contributed by atoms with Gasteiger partial charge in [-0.3, -0.25) is 4.57 Å². The molecule has 0 amide bonds. The normalized spacial score (nSPS) is 14.7. The van der Waals surface area contributed by atoms with Crippen LogP contribution in [0.2, 0.25) is 0 Å². The summed E-state index contributed by atoms with van der Waals surface area (Å²) in [5, 5.41) is 0. The molecule has 2 atom stereocenters. The van der Waals surface area contributed by atoms with E-state index in [4.69, 9.17) is 18.5 Å². The maximum Gasteiger partial charge on any atom is 0.268 e. The number of nitrogens with zero attached hydrogens (tertiary/aromatic N) is 1. The first-order valence-electron chi connectivity index (χ1n) is 17.0. The lowest BCUT2D eigenvalue weighted by Crippen LogP contribution is -2.37. The van der Waals surface area contributed by atoms with Crippen LogP contribution in [-0.2, 0) is 23.1 Å². The fourth-order valence-corrected chi connectivity index (χ4v) is 5.15. The monoisotopic (exact) mass is 617 g/mol. The van der Waals surface area contributed by atoms with Crippen molar-refractivity contribution in [2.75, 3.05) is 61.2 Å². The molecule has 0 N–H and O–H groups in total. The summed E-state index contributed by atoms with van der Waals surface area (Å²) in [5.41, 5.74) is 0. The van der Waals surface area contributed by atoms with Gasteiger partial charge in [0.25, 0.3) is 7.82 Å². The van der Waals surface area contributed by atoms with Crippen molar-refractivity contribution in [3.8, 4) is 0 Å². The Bertz CT molecular complexity index is 679. The van der Waals surface area contributed by atoms with Crippen LogP contribution in [0.5, 0.6) is 0 Å². The van der Waals surface area contributed by atoms with Gasteiger partial charge in [-0.05, 0) is 57.8 Å². The molecule has 0 rings (SSSR count). The Morgan fingerprint density at radius 3 is 1.55 bits per heavy atom. The number of ether oxygens (including phenoxy) is 2. The highest BCUT2D eigenvalue weighted by molar-refractivity contribution is 7.45. The second kappa shape index (κ2) is 29.2. The van der Waals surface area contributed by atoms with Crippen molar-refractivity contribution < 1.29 is 32.5 Å². The van der Waals surface area contributed by atoms with Gasteiger partial charge in [-0.1, -0.05) is 95.4 Å². The van der Waals surface area contributed by atoms with E-state index in [0.717, 1.165) is 25.7 Å². The van der Waals surface area contributed by atoms with Gasteiger partial charge in [0, 0.05) is 13.7 Å². The van der Waals surface area contributed by atoms with Crippen LogP contribution in [0.4, 0.5) is 0 Å². The van der Waals surface area contributed by atoms with Crippen molar-refractivity contribution in [2.24, 2.45) is 0 Å². The molecule has 0 aromatic heterocycles. The molecule has 0 saturated carbocycles. The smallest absolute Gasteiger partial charge is 0.268 e. The number of hydrogen-bond acceptors (Lipinski definition) is 6. The van der Waals surface area contributed by atoms with Crippen molar-refractivity contribution in [2.45, 2.75) is 135 Å². The lowest BCUT2D eigenvalue weighted by molar-refractivity contribution is -0.870. The zero-order valence-electron chi connectivity index (χ0n) is 28.2. The van der Waals surface area contributed by atoms with Crippen LogP contribution in [0.25, 0.3) is 0 Å². The Labute approximate surface area is 260 Å². The van der Waals surface area contributed by atoms with Gasteiger partial charge in [-0.25, -0.2) is 0 Å². The van der Waals surface area contributed by atoms with Crippen LogP contribution >= 0.6 is 7.82 Å². The van der Waals surface area contributed by atoms with Crippen LogP contribution in [0.3, 0.4) is 0 Å². The molecular formula is C34H68NO6P. The highest BCUT2D eigenvalue weighted by atomic mass is 31.2. The highest BCUT2D eigenvalue weighted by Gasteiger charge is 2.16. The first-order valence-corrected chi connectivity index (χ1v) is 18.5. The third-order valence-corrected chi connectivity index (χ3v) is 8.24. The molecule has 0 heterocycles. The van der Waals surface area contributed by atoms with Gasteiger partial charge in [0.2, 0.25) is 0 Å². The van der Waals surface area contributed by atoms with Crippen LogP contribution < -0.4 is 4.89 Å². The fraction of sp³-hybridized carbons (Fsp3) is 0.882. The quantitative estimate of drug-likeness (QED) is 0.0325. The molecule has 0 spiro atoms. The topological polar surface area (TPSA) is 77.1 Å². The zero-order chi connectivity index (χ0) is 31.2. The van der Waals surface area contributed by atoms with Crippen molar-refractivity contribution in [1.82, 2.24) is 0 Å². The molecular weight excluding hydrogens is 549 g/mol. The van der Waals surface area contributed by atoms with Gasteiger partial charge < -0.3 is 27.9 Å². The SMILES string of the molecule is CCCCCC/C=C\CCCCCCCCCC/C=C\CCCCCOC[C@H](COP(=O)([O-])OCC[N+](C)(C)C)OC. The number of phosphoric acid groups is 1. The summed E-state index contributed by atoms with van der Waals surface area (Å²) in [6, 6.07) is 0. The second-order valence-electron chi connectivity index (χ2n) is 12.6. The van der Waals surface area contributed by atoms with E-state index in [0.29, 0.717) is 24.2 Å². The third kappa shape index (κ3) is 32.4. The number of rotatable bonds is 32. The average Bonchev–Trinajstić information content (AvgIpc) is 2.93. The molecule has 8 heteroatoms. The van der Waals surface area contributed by atoms with E-state index in [1.54, 1.807) is 0 Å². The number of allylic oxidation sites excluding steroid dienone is 4. The first kappa shape index (κ1) is 41.5. The largest absolute Gasteiger partial charge is 0.756 e. The van der Waals surface area contributed by atoms with E-state index in [9.17, 15) is 9.46 Å². The van der Waals surface area contributed by atoms with Gasteiger partial charge >= 0.3 is 0 Å². The van der Waals surface area contributed by atoms with Crippen LogP contribution in [0.15, 0.2) is 24.3 Å². The van der Waals surface area contributed by atoms with Crippen LogP contribution in [-0.4, -0.2) is 71.8 Å². The molecule has 0 aliphatic carbocycles. The predicted molar refractivity (Wildman–Crippen MR) is 176 cm³/mol. The molecule has 7 nitrogen and oxygen atoms in total. The van der Waals surface area contributed by atoms with E-state index < -0.39 is 13.9 Å². The van der Waals surface area contributed by atoms with Crippen molar-refractivity contribution in [3.63, 3.8) is 0 Å². The Morgan fingerprint density at radius 2 is 1.10 bits per heavy atom. The molecule has 250 valence electrons. The van der Waals surface area contributed by atoms with E-state index in [1.165, 1.54) is 103 Å². The summed E-state index contributed by atoms with van der Waals surface area (Å²) in [6.45, 7) is 3.75. The molecule has 42 heavy (non-hydrogen) atoms. The number of methoxy groups -OCH3 is 1. The lowest BCUT2D eigenvalue weighted by atomic mass is 10.1. The number of quaternary nitrogens is 1. The molecule has 0 saturated heterocycles. The summed E-state index contributed by atoms with van der Waals surface area (Å²) in [5.74, 6) is 0. The number of likely N-dealkylation sites (N-methyl/N-ethyl adjacent to an activating group) is 1. The lowest BCUT2D eigenvalue weighted by Gasteiger charge is -2.28. The Morgan fingerprint density at radius 1 is 0.643 bits per heavy atom. The molecule has 0 aliphatic heterocycles. The summed E-state index contributed by atoms with van der Waals surface area (Å²) in [7, 11) is 3.10. The number of phosphoric ester groups is 1. The van der Waals surface area contributed by atoms with E-state index in [-0.39, 0.29) is 13.2 Å². The van der Waals surface area contributed by atoms with E-state index >= 15 is 0 Å². The van der Waals surface area contributed by atoms with Gasteiger partial charge in [0.1, 0.15) is 19.3 Å².